The summed E-state index contributed by atoms with van der Waals surface area (Å²) in [6.45, 7) is 1.97. The highest BCUT2D eigenvalue weighted by atomic mass is 79.9. The molecule has 0 aliphatic heterocycles. The van der Waals surface area contributed by atoms with Crippen molar-refractivity contribution in [2.24, 2.45) is 0 Å². The first kappa shape index (κ1) is 14.8. The molecule has 0 aliphatic rings. The summed E-state index contributed by atoms with van der Waals surface area (Å²) < 4.78 is 2.01. The molecule has 0 saturated carbocycles. The van der Waals surface area contributed by atoms with E-state index in [2.05, 4.69) is 59.3 Å². The number of aryl methyl sites for hydroxylation is 1. The number of anilines is 1. The molecule has 0 unspecified atom stereocenters. The van der Waals surface area contributed by atoms with Gasteiger partial charge in [-0.2, -0.15) is 0 Å². The van der Waals surface area contributed by atoms with E-state index in [1.54, 1.807) is 11.8 Å². The fraction of sp³-hybridized carbons (Fsp3) is 0.231. The zero-order chi connectivity index (χ0) is 13.8. The van der Waals surface area contributed by atoms with Gasteiger partial charge in [-0.25, -0.2) is 9.97 Å². The van der Waals surface area contributed by atoms with Crippen LogP contribution in [-0.2, 0) is 5.75 Å². The van der Waals surface area contributed by atoms with Crippen molar-refractivity contribution >= 4 is 49.4 Å². The smallest absolute Gasteiger partial charge is 0.144 e. The van der Waals surface area contributed by atoms with E-state index in [0.29, 0.717) is 0 Å². The van der Waals surface area contributed by atoms with Crippen molar-refractivity contribution in [3.05, 3.63) is 44.7 Å². The number of thioether (sulfide) groups is 1. The quantitative estimate of drug-likeness (QED) is 0.755. The predicted molar refractivity (Wildman–Crippen MR) is 87.7 cm³/mol. The minimum absolute atomic E-state index is 0.749. The molecule has 0 bridgehead atoms. The summed E-state index contributed by atoms with van der Waals surface area (Å²) in [7, 11) is 1.86. The Morgan fingerprint density at radius 3 is 2.74 bits per heavy atom. The number of halogens is 2. The lowest BCUT2D eigenvalue weighted by atomic mass is 10.4. The summed E-state index contributed by atoms with van der Waals surface area (Å²) in [5.41, 5.74) is 0.948. The number of benzene rings is 1. The van der Waals surface area contributed by atoms with Gasteiger partial charge in [0, 0.05) is 16.4 Å². The van der Waals surface area contributed by atoms with Gasteiger partial charge in [-0.1, -0.05) is 22.0 Å². The fourth-order valence-electron chi connectivity index (χ4n) is 1.55. The van der Waals surface area contributed by atoms with Crippen LogP contribution in [0.4, 0.5) is 5.82 Å². The van der Waals surface area contributed by atoms with Gasteiger partial charge in [0.05, 0.1) is 15.9 Å². The Balaban J connectivity index is 2.13. The zero-order valence-corrected chi connectivity index (χ0v) is 14.6. The molecule has 2 rings (SSSR count). The van der Waals surface area contributed by atoms with Gasteiger partial charge in [0.1, 0.15) is 11.6 Å². The molecule has 19 heavy (non-hydrogen) atoms. The molecule has 0 spiro atoms. The standard InChI is InChI=1S/C13H13Br2N3S/c1-8-12(15)13(16-2)18-11(17-8)7-19-10-5-3-4-9(14)6-10/h3-6H,7H2,1-2H3,(H,16,17,18). The largest absolute Gasteiger partial charge is 0.372 e. The number of nitrogens with one attached hydrogen (secondary N) is 1. The second-order valence-electron chi connectivity index (χ2n) is 3.88. The third kappa shape index (κ3) is 3.94. The van der Waals surface area contributed by atoms with Crippen LogP contribution < -0.4 is 5.32 Å². The first-order chi connectivity index (χ1) is 9.10. The summed E-state index contributed by atoms with van der Waals surface area (Å²) in [5, 5.41) is 3.07. The highest BCUT2D eigenvalue weighted by molar-refractivity contribution is 9.11. The summed E-state index contributed by atoms with van der Waals surface area (Å²) in [6, 6.07) is 8.22. The van der Waals surface area contributed by atoms with Gasteiger partial charge in [0.2, 0.25) is 0 Å². The van der Waals surface area contributed by atoms with Crippen LogP contribution in [0, 0.1) is 6.92 Å². The van der Waals surface area contributed by atoms with Crippen molar-refractivity contribution in [2.45, 2.75) is 17.6 Å². The molecule has 0 saturated heterocycles. The molecule has 0 amide bonds. The summed E-state index contributed by atoms with van der Waals surface area (Å²) in [4.78, 5) is 10.2. The zero-order valence-electron chi connectivity index (χ0n) is 10.6. The van der Waals surface area contributed by atoms with Crippen LogP contribution in [0.3, 0.4) is 0 Å². The monoisotopic (exact) mass is 401 g/mol. The maximum absolute atomic E-state index is 4.49. The molecule has 2 aromatic rings. The SMILES string of the molecule is CNc1nc(CSc2cccc(Br)c2)nc(C)c1Br. The van der Waals surface area contributed by atoms with E-state index < -0.39 is 0 Å². The minimum atomic E-state index is 0.749. The number of rotatable bonds is 4. The first-order valence-electron chi connectivity index (χ1n) is 5.69. The van der Waals surface area contributed by atoms with Gasteiger partial charge in [-0.05, 0) is 41.1 Å². The Bertz CT molecular complexity index is 590. The minimum Gasteiger partial charge on any atom is -0.372 e. The maximum Gasteiger partial charge on any atom is 0.144 e. The van der Waals surface area contributed by atoms with E-state index in [-0.39, 0.29) is 0 Å². The number of aromatic nitrogens is 2. The molecule has 6 heteroatoms. The molecule has 1 N–H and O–H groups in total. The van der Waals surface area contributed by atoms with Crippen molar-refractivity contribution in [1.29, 1.82) is 0 Å². The molecule has 0 fully saturated rings. The molecule has 0 aliphatic carbocycles. The Morgan fingerprint density at radius 1 is 1.26 bits per heavy atom. The number of hydrogen-bond donors (Lipinski definition) is 1. The van der Waals surface area contributed by atoms with Crippen LogP contribution in [0.2, 0.25) is 0 Å². The first-order valence-corrected chi connectivity index (χ1v) is 8.26. The molecule has 1 aromatic heterocycles. The van der Waals surface area contributed by atoms with Crippen molar-refractivity contribution in [3.63, 3.8) is 0 Å². The maximum atomic E-state index is 4.49. The van der Waals surface area contributed by atoms with Gasteiger partial charge in [-0.3, -0.25) is 0 Å². The Kier molecular flexibility index (Phi) is 5.24. The predicted octanol–water partition coefficient (Wildman–Crippen LogP) is 4.64. The van der Waals surface area contributed by atoms with E-state index in [9.17, 15) is 0 Å². The fourth-order valence-corrected chi connectivity index (χ4v) is 3.29. The lowest BCUT2D eigenvalue weighted by Gasteiger charge is -2.08. The van der Waals surface area contributed by atoms with Crippen molar-refractivity contribution in [3.8, 4) is 0 Å². The van der Waals surface area contributed by atoms with Gasteiger partial charge in [0.25, 0.3) is 0 Å². The number of hydrogen-bond acceptors (Lipinski definition) is 4. The second-order valence-corrected chi connectivity index (χ2v) is 6.64. The highest BCUT2D eigenvalue weighted by Gasteiger charge is 2.08. The van der Waals surface area contributed by atoms with E-state index in [0.717, 1.165) is 32.0 Å². The van der Waals surface area contributed by atoms with Crippen molar-refractivity contribution < 1.29 is 0 Å². The average Bonchev–Trinajstić information content (AvgIpc) is 2.40. The molecule has 0 atom stereocenters. The Morgan fingerprint density at radius 2 is 2.05 bits per heavy atom. The third-order valence-corrected chi connectivity index (χ3v) is 4.90. The molecule has 1 heterocycles. The third-order valence-electron chi connectivity index (χ3n) is 2.46. The van der Waals surface area contributed by atoms with Gasteiger partial charge in [0.15, 0.2) is 0 Å². The van der Waals surface area contributed by atoms with E-state index in [1.807, 2.05) is 26.1 Å². The van der Waals surface area contributed by atoms with Gasteiger partial charge in [-0.15, -0.1) is 11.8 Å². The number of nitrogens with zero attached hydrogens (tertiary/aromatic N) is 2. The molecule has 0 radical (unpaired) electrons. The van der Waals surface area contributed by atoms with Crippen LogP contribution >= 0.6 is 43.6 Å². The topological polar surface area (TPSA) is 37.8 Å². The molecule has 100 valence electrons. The average molecular weight is 403 g/mol. The lowest BCUT2D eigenvalue weighted by molar-refractivity contribution is 0.985. The van der Waals surface area contributed by atoms with Crippen molar-refractivity contribution in [2.75, 3.05) is 12.4 Å². The van der Waals surface area contributed by atoms with Crippen LogP contribution in [0.5, 0.6) is 0 Å². The van der Waals surface area contributed by atoms with Crippen LogP contribution in [0.15, 0.2) is 38.1 Å². The normalized spacial score (nSPS) is 10.5. The summed E-state index contributed by atoms with van der Waals surface area (Å²) in [6.07, 6.45) is 0. The Labute approximate surface area is 133 Å². The van der Waals surface area contributed by atoms with Crippen LogP contribution in [-0.4, -0.2) is 17.0 Å². The molecule has 3 nitrogen and oxygen atoms in total. The molecular formula is C13H13Br2N3S. The van der Waals surface area contributed by atoms with E-state index in [4.69, 9.17) is 0 Å². The lowest BCUT2D eigenvalue weighted by Crippen LogP contribution is -2.02. The molecule has 1 aromatic carbocycles. The summed E-state index contributed by atoms with van der Waals surface area (Å²) in [5.74, 6) is 2.41. The van der Waals surface area contributed by atoms with E-state index in [1.165, 1.54) is 4.90 Å². The van der Waals surface area contributed by atoms with Crippen LogP contribution in [0.1, 0.15) is 11.5 Å². The van der Waals surface area contributed by atoms with E-state index >= 15 is 0 Å². The van der Waals surface area contributed by atoms with Crippen LogP contribution in [0.25, 0.3) is 0 Å². The van der Waals surface area contributed by atoms with Gasteiger partial charge >= 0.3 is 0 Å². The van der Waals surface area contributed by atoms with Gasteiger partial charge < -0.3 is 5.32 Å². The molecular weight excluding hydrogens is 390 g/mol. The summed E-state index contributed by atoms with van der Waals surface area (Å²) >= 11 is 8.67. The second kappa shape index (κ2) is 6.72. The van der Waals surface area contributed by atoms with Crippen molar-refractivity contribution in [1.82, 2.24) is 9.97 Å². The Hall–Kier alpha value is -0.590. The highest BCUT2D eigenvalue weighted by Crippen LogP contribution is 2.27.